The molecule has 2 unspecified atom stereocenters. The van der Waals surface area contributed by atoms with Gasteiger partial charge in [0.25, 0.3) is 0 Å². The molecule has 2 heterocycles. The average Bonchev–Trinajstić information content (AvgIpc) is 3.35. The monoisotopic (exact) mass is 428 g/mol. The van der Waals surface area contributed by atoms with Crippen molar-refractivity contribution in [1.82, 2.24) is 14.8 Å². The van der Waals surface area contributed by atoms with Crippen LogP contribution in [0.4, 0.5) is 4.39 Å². The fourth-order valence-corrected chi connectivity index (χ4v) is 5.75. The molecule has 1 aromatic carbocycles. The van der Waals surface area contributed by atoms with Crippen LogP contribution in [0.2, 0.25) is 0 Å². The van der Waals surface area contributed by atoms with Gasteiger partial charge in [0.1, 0.15) is 11.9 Å². The number of aliphatic hydroxyl groups is 1. The van der Waals surface area contributed by atoms with E-state index in [9.17, 15) is 14.8 Å². The summed E-state index contributed by atoms with van der Waals surface area (Å²) in [7, 11) is 0. The number of halogens is 1. The highest BCUT2D eigenvalue weighted by atomic mass is 19.1. The summed E-state index contributed by atoms with van der Waals surface area (Å²) in [6.07, 6.45) is 11.6. The van der Waals surface area contributed by atoms with Gasteiger partial charge in [0, 0.05) is 11.6 Å². The van der Waals surface area contributed by atoms with E-state index in [1.807, 2.05) is 29.1 Å². The van der Waals surface area contributed by atoms with Gasteiger partial charge in [-0.05, 0) is 73.9 Å². The van der Waals surface area contributed by atoms with Crippen molar-refractivity contribution in [3.63, 3.8) is 0 Å². The average molecular weight is 429 g/mol. The fraction of sp³-hybridized carbons (Fsp3) is 0.346. The Morgan fingerprint density at radius 3 is 2.88 bits per heavy atom. The maximum Gasteiger partial charge on any atom is 0.141 e. The first-order valence-electron chi connectivity index (χ1n) is 11.1. The molecular weight excluding hydrogens is 403 g/mol. The Morgan fingerprint density at radius 2 is 2.12 bits per heavy atom. The Kier molecular flexibility index (Phi) is 4.94. The Balaban J connectivity index is 1.48. The van der Waals surface area contributed by atoms with Crippen molar-refractivity contribution in [3.05, 3.63) is 82.7 Å². The summed E-state index contributed by atoms with van der Waals surface area (Å²) < 4.78 is 16.0. The van der Waals surface area contributed by atoms with Crippen LogP contribution in [-0.2, 0) is 12.8 Å². The minimum atomic E-state index is -0.916. The zero-order valence-electron chi connectivity index (χ0n) is 18.1. The highest BCUT2D eigenvalue weighted by Gasteiger charge is 2.56. The van der Waals surface area contributed by atoms with Crippen LogP contribution in [0.25, 0.3) is 11.8 Å². The molecule has 1 N–H and O–H groups in total. The molecule has 32 heavy (non-hydrogen) atoms. The highest BCUT2D eigenvalue weighted by molar-refractivity contribution is 5.62. The number of aromatic nitrogens is 3. The minimum absolute atomic E-state index is 0.0825. The lowest BCUT2D eigenvalue weighted by Crippen LogP contribution is -2.47. The zero-order valence-corrected chi connectivity index (χ0v) is 18.1. The van der Waals surface area contributed by atoms with Gasteiger partial charge in [-0.25, -0.2) is 9.07 Å². The second-order valence-corrected chi connectivity index (χ2v) is 8.88. The number of hydrogen-bond acceptors (Lipinski definition) is 4. The molecule has 5 nitrogen and oxygen atoms in total. The first-order chi connectivity index (χ1) is 15.5. The van der Waals surface area contributed by atoms with Crippen LogP contribution in [0, 0.1) is 22.6 Å². The molecule has 1 fully saturated rings. The quantitative estimate of drug-likeness (QED) is 0.635. The van der Waals surface area contributed by atoms with Crippen molar-refractivity contribution in [2.24, 2.45) is 5.41 Å². The van der Waals surface area contributed by atoms with E-state index in [0.29, 0.717) is 24.8 Å². The second kappa shape index (κ2) is 7.68. The number of benzene rings is 1. The number of rotatable bonds is 5. The van der Waals surface area contributed by atoms with Crippen molar-refractivity contribution in [3.8, 4) is 11.8 Å². The third-order valence-electron chi connectivity index (χ3n) is 7.52. The molecule has 5 rings (SSSR count). The molecule has 2 aromatic heterocycles. The Bertz CT molecular complexity index is 1240. The summed E-state index contributed by atoms with van der Waals surface area (Å²) in [5, 5.41) is 25.9. The summed E-state index contributed by atoms with van der Waals surface area (Å²) in [6.45, 7) is 2.13. The van der Waals surface area contributed by atoms with Crippen LogP contribution in [-0.4, -0.2) is 25.5 Å². The molecule has 1 saturated carbocycles. The van der Waals surface area contributed by atoms with Crippen molar-refractivity contribution in [2.75, 3.05) is 0 Å². The molecule has 2 atom stereocenters. The van der Waals surface area contributed by atoms with E-state index >= 15 is 0 Å². The molecule has 0 radical (unpaired) electrons. The molecule has 162 valence electrons. The zero-order chi connectivity index (χ0) is 22.3. The van der Waals surface area contributed by atoms with Gasteiger partial charge in [-0.2, -0.15) is 10.4 Å². The van der Waals surface area contributed by atoms with Crippen molar-refractivity contribution < 1.29 is 9.50 Å². The van der Waals surface area contributed by atoms with Crippen LogP contribution in [0.3, 0.4) is 0 Å². The summed E-state index contributed by atoms with van der Waals surface area (Å²) in [4.78, 5) is 4.21. The number of fused-ring (bicyclic) bond motifs is 2. The van der Waals surface area contributed by atoms with Gasteiger partial charge in [-0.15, -0.1) is 0 Å². The Morgan fingerprint density at radius 1 is 1.25 bits per heavy atom. The molecule has 3 aromatic rings. The molecule has 2 aliphatic rings. The number of nitriles is 1. The summed E-state index contributed by atoms with van der Waals surface area (Å²) in [5.41, 5.74) is 3.79. The smallest absolute Gasteiger partial charge is 0.141 e. The van der Waals surface area contributed by atoms with E-state index in [4.69, 9.17) is 0 Å². The molecule has 0 bridgehead atoms. The van der Waals surface area contributed by atoms with Gasteiger partial charge in [0.2, 0.25) is 0 Å². The van der Waals surface area contributed by atoms with Crippen molar-refractivity contribution in [2.45, 2.75) is 51.0 Å². The third kappa shape index (κ3) is 3.00. The normalized spacial score (nSPS) is 23.9. The van der Waals surface area contributed by atoms with Gasteiger partial charge in [0.05, 0.1) is 34.9 Å². The van der Waals surface area contributed by atoms with E-state index in [0.717, 1.165) is 36.2 Å². The van der Waals surface area contributed by atoms with Gasteiger partial charge in [-0.3, -0.25) is 4.98 Å². The number of pyridine rings is 1. The van der Waals surface area contributed by atoms with Crippen LogP contribution in [0.15, 0.2) is 54.5 Å². The van der Waals surface area contributed by atoms with Gasteiger partial charge < -0.3 is 5.11 Å². The van der Waals surface area contributed by atoms with Gasteiger partial charge >= 0.3 is 0 Å². The van der Waals surface area contributed by atoms with E-state index < -0.39 is 11.4 Å². The number of aryl methyl sites for hydroxylation is 1. The van der Waals surface area contributed by atoms with E-state index in [1.54, 1.807) is 24.5 Å². The largest absolute Gasteiger partial charge is 0.389 e. The van der Waals surface area contributed by atoms with Crippen molar-refractivity contribution >= 4 is 6.08 Å². The lowest BCUT2D eigenvalue weighted by molar-refractivity contribution is -0.0569. The van der Waals surface area contributed by atoms with Gasteiger partial charge in [0.15, 0.2) is 0 Å². The van der Waals surface area contributed by atoms with Gasteiger partial charge in [-0.1, -0.05) is 24.6 Å². The first kappa shape index (κ1) is 20.6. The van der Waals surface area contributed by atoms with Crippen LogP contribution >= 0.6 is 0 Å². The lowest BCUT2D eigenvalue weighted by atomic mass is 9.63. The van der Waals surface area contributed by atoms with E-state index in [2.05, 4.69) is 23.1 Å². The maximum absolute atomic E-state index is 14.1. The summed E-state index contributed by atoms with van der Waals surface area (Å²) in [5.74, 6) is -0.501. The number of nitrogens with zero attached hydrogens (tertiary/aromatic N) is 4. The molecule has 6 heteroatoms. The predicted octanol–water partition coefficient (Wildman–Crippen LogP) is 4.77. The maximum atomic E-state index is 14.1. The summed E-state index contributed by atoms with van der Waals surface area (Å²) >= 11 is 0. The van der Waals surface area contributed by atoms with E-state index in [-0.39, 0.29) is 11.0 Å². The second-order valence-electron chi connectivity index (χ2n) is 8.88. The minimum Gasteiger partial charge on any atom is -0.389 e. The van der Waals surface area contributed by atoms with Crippen LogP contribution < -0.4 is 0 Å². The van der Waals surface area contributed by atoms with E-state index in [1.165, 1.54) is 11.6 Å². The fourth-order valence-electron chi connectivity index (χ4n) is 5.75. The topological polar surface area (TPSA) is 74.7 Å². The standard InChI is InChI=1S/C26H25FN4O/c1-2-25-14-19-16-30-31(21-6-4-12-29-17-21)24(19)13-20(25)9-11-26(25,32)10-8-18-5-3-7-23(27)22(18)15-28/h3-7,12-13,16-17,32H,2,8-11,14H2,1H3. The molecule has 0 amide bonds. The van der Waals surface area contributed by atoms with Crippen molar-refractivity contribution in [1.29, 1.82) is 5.26 Å². The molecule has 0 spiro atoms. The first-order valence-corrected chi connectivity index (χ1v) is 11.1. The third-order valence-corrected chi connectivity index (χ3v) is 7.52. The molecule has 0 saturated heterocycles. The lowest BCUT2D eigenvalue weighted by Gasteiger charge is -2.45. The van der Waals surface area contributed by atoms with Crippen LogP contribution in [0.5, 0.6) is 0 Å². The number of hydrogen-bond donors (Lipinski definition) is 1. The predicted molar refractivity (Wildman–Crippen MR) is 119 cm³/mol. The highest BCUT2D eigenvalue weighted by Crippen LogP contribution is 2.58. The molecule has 0 aliphatic heterocycles. The summed E-state index contributed by atoms with van der Waals surface area (Å²) in [6, 6.07) is 10.6. The Labute approximate surface area is 186 Å². The van der Waals surface area contributed by atoms with Crippen LogP contribution in [0.1, 0.15) is 55.0 Å². The SMILES string of the molecule is CCC12Cc3cnn(-c4cccnc4)c3C=C1CCC2(O)CCc1cccc(F)c1C#N. The molecule has 2 aliphatic carbocycles. The Hall–Kier alpha value is -3.30. The molecular formula is C26H25FN4O.